The molecule has 1 aromatic heterocycles. The fourth-order valence-corrected chi connectivity index (χ4v) is 3.04. The molecule has 1 saturated carbocycles. The summed E-state index contributed by atoms with van der Waals surface area (Å²) in [6.07, 6.45) is 2.20. The molecule has 1 aliphatic heterocycles. The van der Waals surface area contributed by atoms with Gasteiger partial charge < -0.3 is 14.6 Å². The Labute approximate surface area is 136 Å². The van der Waals surface area contributed by atoms with Crippen LogP contribution in [0.15, 0.2) is 10.5 Å². The van der Waals surface area contributed by atoms with Gasteiger partial charge in [-0.1, -0.05) is 0 Å². The van der Waals surface area contributed by atoms with E-state index in [4.69, 9.17) is 4.42 Å². The molecular weight excluding hydrogens is 294 g/mol. The van der Waals surface area contributed by atoms with Crippen LogP contribution in [0.1, 0.15) is 41.6 Å². The van der Waals surface area contributed by atoms with Crippen LogP contribution in [0.4, 0.5) is 0 Å². The number of furan rings is 1. The zero-order chi connectivity index (χ0) is 16.6. The van der Waals surface area contributed by atoms with E-state index in [1.165, 1.54) is 0 Å². The zero-order valence-corrected chi connectivity index (χ0v) is 14.1. The first-order valence-corrected chi connectivity index (χ1v) is 8.36. The number of hydrogen-bond acceptors (Lipinski definition) is 4. The maximum absolute atomic E-state index is 12.6. The predicted octanol–water partition coefficient (Wildman–Crippen LogP) is 1.32. The molecule has 1 atom stereocenters. The zero-order valence-electron chi connectivity index (χ0n) is 14.1. The van der Waals surface area contributed by atoms with E-state index in [-0.39, 0.29) is 17.9 Å². The summed E-state index contributed by atoms with van der Waals surface area (Å²) < 4.78 is 5.45. The second-order valence-electron chi connectivity index (χ2n) is 6.61. The topological polar surface area (TPSA) is 65.8 Å². The van der Waals surface area contributed by atoms with E-state index in [2.05, 4.69) is 10.2 Å². The molecule has 1 saturated heterocycles. The van der Waals surface area contributed by atoms with E-state index in [1.807, 2.05) is 25.7 Å². The van der Waals surface area contributed by atoms with Crippen LogP contribution in [0.2, 0.25) is 0 Å². The van der Waals surface area contributed by atoms with Crippen LogP contribution in [0, 0.1) is 13.8 Å². The van der Waals surface area contributed by atoms with Gasteiger partial charge in [0.05, 0.1) is 11.6 Å². The molecule has 2 heterocycles. The molecule has 2 fully saturated rings. The van der Waals surface area contributed by atoms with Gasteiger partial charge in [0.2, 0.25) is 5.91 Å². The van der Waals surface area contributed by atoms with Crippen LogP contribution >= 0.6 is 0 Å². The second kappa shape index (κ2) is 6.35. The Bertz CT molecular complexity index is 598. The molecule has 1 N–H and O–H groups in total. The number of carbonyl (C=O) groups excluding carboxylic acids is 2. The van der Waals surface area contributed by atoms with Crippen LogP contribution in [-0.2, 0) is 4.79 Å². The number of hydrogen-bond donors (Lipinski definition) is 1. The lowest BCUT2D eigenvalue weighted by Crippen LogP contribution is -2.55. The quantitative estimate of drug-likeness (QED) is 0.909. The molecule has 6 nitrogen and oxygen atoms in total. The number of piperazine rings is 1. The molecule has 0 radical (unpaired) electrons. The first-order chi connectivity index (χ1) is 11.0. The summed E-state index contributed by atoms with van der Waals surface area (Å²) in [7, 11) is 0. The molecule has 6 heteroatoms. The summed E-state index contributed by atoms with van der Waals surface area (Å²) in [5.41, 5.74) is 0.649. The Morgan fingerprint density at radius 3 is 2.39 bits per heavy atom. The molecule has 0 spiro atoms. The van der Waals surface area contributed by atoms with E-state index in [9.17, 15) is 9.59 Å². The van der Waals surface area contributed by atoms with Gasteiger partial charge in [0.25, 0.3) is 5.91 Å². The number of amides is 2. The summed E-state index contributed by atoms with van der Waals surface area (Å²) >= 11 is 0. The molecule has 2 amide bonds. The Balaban J connectivity index is 1.54. The molecule has 0 bridgehead atoms. The van der Waals surface area contributed by atoms with Crippen LogP contribution in [0.3, 0.4) is 0 Å². The van der Waals surface area contributed by atoms with Gasteiger partial charge in [0, 0.05) is 32.2 Å². The Morgan fingerprint density at radius 1 is 1.22 bits per heavy atom. The smallest absolute Gasteiger partial charge is 0.257 e. The highest BCUT2D eigenvalue weighted by Gasteiger charge is 2.31. The lowest BCUT2D eigenvalue weighted by Gasteiger charge is -2.37. The van der Waals surface area contributed by atoms with Crippen molar-refractivity contribution in [2.45, 2.75) is 45.7 Å². The van der Waals surface area contributed by atoms with E-state index in [1.54, 1.807) is 6.07 Å². The number of carbonyl (C=O) groups is 2. The lowest BCUT2D eigenvalue weighted by atomic mass is 10.1. The van der Waals surface area contributed by atoms with Crippen LogP contribution in [0.5, 0.6) is 0 Å². The van der Waals surface area contributed by atoms with Gasteiger partial charge in [-0.3, -0.25) is 14.5 Å². The van der Waals surface area contributed by atoms with E-state index in [0.717, 1.165) is 31.7 Å². The van der Waals surface area contributed by atoms with Crippen LogP contribution in [-0.4, -0.2) is 59.9 Å². The minimum atomic E-state index is -0.134. The summed E-state index contributed by atoms with van der Waals surface area (Å²) in [6, 6.07) is 2.06. The fraction of sp³-hybridized carbons (Fsp3) is 0.647. The predicted molar refractivity (Wildman–Crippen MR) is 86.3 cm³/mol. The number of nitrogens with one attached hydrogen (secondary N) is 1. The first-order valence-electron chi connectivity index (χ1n) is 8.36. The number of aryl methyl sites for hydroxylation is 2. The Kier molecular flexibility index (Phi) is 4.43. The normalized spacial score (nSPS) is 20.4. The van der Waals surface area contributed by atoms with Gasteiger partial charge in [0.1, 0.15) is 11.5 Å². The third-order valence-electron chi connectivity index (χ3n) is 4.72. The standard InChI is InChI=1S/C17H25N3O3/c1-11-10-15(13(3)23-11)17(22)20-8-6-19(7-9-20)12(2)16(21)18-14-4-5-14/h10,12,14H,4-9H2,1-3H3,(H,18,21). The first kappa shape index (κ1) is 16.1. The summed E-state index contributed by atoms with van der Waals surface area (Å²) in [6.45, 7) is 8.34. The van der Waals surface area contributed by atoms with Gasteiger partial charge in [0.15, 0.2) is 0 Å². The summed E-state index contributed by atoms with van der Waals surface area (Å²) in [5.74, 6) is 1.56. The maximum atomic E-state index is 12.6. The van der Waals surface area contributed by atoms with Crippen LogP contribution in [0.25, 0.3) is 0 Å². The largest absolute Gasteiger partial charge is 0.466 e. The minimum Gasteiger partial charge on any atom is -0.466 e. The molecule has 1 unspecified atom stereocenters. The lowest BCUT2D eigenvalue weighted by molar-refractivity contribution is -0.126. The van der Waals surface area contributed by atoms with Crippen molar-refractivity contribution in [3.05, 3.63) is 23.2 Å². The molecule has 126 valence electrons. The van der Waals surface area contributed by atoms with E-state index in [0.29, 0.717) is 30.5 Å². The monoisotopic (exact) mass is 319 g/mol. The fourth-order valence-electron chi connectivity index (χ4n) is 3.04. The highest BCUT2D eigenvalue weighted by molar-refractivity contribution is 5.95. The van der Waals surface area contributed by atoms with Crippen LogP contribution < -0.4 is 5.32 Å². The van der Waals surface area contributed by atoms with Crippen molar-refractivity contribution in [3.63, 3.8) is 0 Å². The van der Waals surface area contributed by atoms with Crippen molar-refractivity contribution in [2.75, 3.05) is 26.2 Å². The van der Waals surface area contributed by atoms with Crippen molar-refractivity contribution in [1.82, 2.24) is 15.1 Å². The molecule has 0 aromatic carbocycles. The van der Waals surface area contributed by atoms with Crippen molar-refractivity contribution < 1.29 is 14.0 Å². The highest BCUT2D eigenvalue weighted by Crippen LogP contribution is 2.20. The van der Waals surface area contributed by atoms with Crippen molar-refractivity contribution in [1.29, 1.82) is 0 Å². The molecule has 23 heavy (non-hydrogen) atoms. The number of nitrogens with zero attached hydrogens (tertiary/aromatic N) is 2. The van der Waals surface area contributed by atoms with Gasteiger partial charge in [-0.05, 0) is 39.7 Å². The second-order valence-corrected chi connectivity index (χ2v) is 6.61. The molecular formula is C17H25N3O3. The Morgan fingerprint density at radius 2 is 1.87 bits per heavy atom. The van der Waals surface area contributed by atoms with Crippen molar-refractivity contribution in [3.8, 4) is 0 Å². The average molecular weight is 319 g/mol. The summed E-state index contributed by atoms with van der Waals surface area (Å²) in [4.78, 5) is 28.7. The van der Waals surface area contributed by atoms with E-state index < -0.39 is 0 Å². The molecule has 1 aliphatic carbocycles. The summed E-state index contributed by atoms with van der Waals surface area (Å²) in [5, 5.41) is 3.05. The molecule has 2 aliphatic rings. The van der Waals surface area contributed by atoms with Crippen molar-refractivity contribution in [2.24, 2.45) is 0 Å². The Hall–Kier alpha value is -1.82. The molecule has 1 aromatic rings. The molecule has 3 rings (SSSR count). The van der Waals surface area contributed by atoms with E-state index >= 15 is 0 Å². The average Bonchev–Trinajstić information content (AvgIpc) is 3.28. The SMILES string of the molecule is Cc1cc(C(=O)N2CCN(C(C)C(=O)NC3CC3)CC2)c(C)o1. The van der Waals surface area contributed by atoms with Gasteiger partial charge in [-0.2, -0.15) is 0 Å². The third-order valence-corrected chi connectivity index (χ3v) is 4.72. The highest BCUT2D eigenvalue weighted by atomic mass is 16.3. The van der Waals surface area contributed by atoms with Gasteiger partial charge in [-0.25, -0.2) is 0 Å². The third kappa shape index (κ3) is 3.58. The van der Waals surface area contributed by atoms with Gasteiger partial charge in [-0.15, -0.1) is 0 Å². The minimum absolute atomic E-state index is 0.0223. The maximum Gasteiger partial charge on any atom is 0.257 e. The number of rotatable bonds is 4. The van der Waals surface area contributed by atoms with Crippen molar-refractivity contribution >= 4 is 11.8 Å². The van der Waals surface area contributed by atoms with Gasteiger partial charge >= 0.3 is 0 Å².